The summed E-state index contributed by atoms with van der Waals surface area (Å²) in [7, 11) is 0. The van der Waals surface area contributed by atoms with E-state index < -0.39 is 0 Å². The first-order chi connectivity index (χ1) is 9.69. The number of hydrazine groups is 1. The number of unbranched alkanes of at least 4 members (excludes halogenated alkanes) is 6. The van der Waals surface area contributed by atoms with E-state index >= 15 is 0 Å². The van der Waals surface area contributed by atoms with Gasteiger partial charge in [-0.05, 0) is 36.6 Å². The largest absolute Gasteiger partial charge is 0.271 e. The van der Waals surface area contributed by atoms with E-state index in [1.54, 1.807) is 0 Å². The number of nitrogens with two attached hydrogens (primary N) is 1. The zero-order chi connectivity index (χ0) is 14.8. The first kappa shape index (κ1) is 17.7. The average molecular weight is 341 g/mol. The van der Waals surface area contributed by atoms with Gasteiger partial charge in [0.1, 0.15) is 0 Å². The molecule has 114 valence electrons. The molecule has 3 heteroatoms. The fourth-order valence-corrected chi connectivity index (χ4v) is 3.00. The van der Waals surface area contributed by atoms with Crippen LogP contribution in [0.4, 0.5) is 0 Å². The molecule has 3 N–H and O–H groups in total. The number of hydrogen-bond donors (Lipinski definition) is 2. The van der Waals surface area contributed by atoms with Crippen molar-refractivity contribution >= 4 is 15.9 Å². The predicted molar refractivity (Wildman–Crippen MR) is 91.6 cm³/mol. The Morgan fingerprint density at radius 3 is 2.40 bits per heavy atom. The van der Waals surface area contributed by atoms with Gasteiger partial charge in [-0.15, -0.1) is 0 Å². The van der Waals surface area contributed by atoms with Crippen LogP contribution < -0.4 is 11.3 Å². The third-order valence-electron chi connectivity index (χ3n) is 3.91. The van der Waals surface area contributed by atoms with Crippen LogP contribution in [0.15, 0.2) is 22.7 Å². The zero-order valence-corrected chi connectivity index (χ0v) is 14.5. The third kappa shape index (κ3) is 6.38. The molecule has 0 heterocycles. The van der Waals surface area contributed by atoms with Gasteiger partial charge in [-0.1, -0.05) is 73.9 Å². The Kier molecular flexibility index (Phi) is 9.16. The summed E-state index contributed by atoms with van der Waals surface area (Å²) >= 11 is 3.54. The predicted octanol–water partition coefficient (Wildman–Crippen LogP) is 5.40. The van der Waals surface area contributed by atoms with Crippen LogP contribution in [0.1, 0.15) is 75.5 Å². The molecule has 1 rings (SSSR count). The van der Waals surface area contributed by atoms with Gasteiger partial charge in [0.2, 0.25) is 0 Å². The lowest BCUT2D eigenvalue weighted by Gasteiger charge is -2.19. The summed E-state index contributed by atoms with van der Waals surface area (Å²) in [6, 6.07) is 6.68. The molecule has 0 aliphatic carbocycles. The van der Waals surface area contributed by atoms with Crippen LogP contribution in [0.2, 0.25) is 0 Å². The summed E-state index contributed by atoms with van der Waals surface area (Å²) in [5.41, 5.74) is 5.59. The first-order valence-corrected chi connectivity index (χ1v) is 8.70. The van der Waals surface area contributed by atoms with Crippen molar-refractivity contribution in [3.05, 3.63) is 33.8 Å². The summed E-state index contributed by atoms with van der Waals surface area (Å²) < 4.78 is 1.12. The molecular weight excluding hydrogens is 312 g/mol. The Hall–Kier alpha value is -0.380. The van der Waals surface area contributed by atoms with E-state index in [9.17, 15) is 0 Å². The van der Waals surface area contributed by atoms with Crippen LogP contribution in [0.25, 0.3) is 0 Å². The molecule has 1 unspecified atom stereocenters. The second-order valence-corrected chi connectivity index (χ2v) is 6.55. The normalized spacial score (nSPS) is 12.6. The molecule has 1 atom stereocenters. The second-order valence-electron chi connectivity index (χ2n) is 5.63. The molecule has 0 fully saturated rings. The van der Waals surface area contributed by atoms with Gasteiger partial charge >= 0.3 is 0 Å². The Balaban J connectivity index is 2.34. The maximum Gasteiger partial charge on any atom is 0.0463 e. The Labute approximate surface area is 132 Å². The summed E-state index contributed by atoms with van der Waals surface area (Å²) in [5, 5.41) is 0. The van der Waals surface area contributed by atoms with Crippen LogP contribution in [0.3, 0.4) is 0 Å². The van der Waals surface area contributed by atoms with Crippen LogP contribution >= 0.6 is 15.9 Å². The second kappa shape index (κ2) is 10.4. The van der Waals surface area contributed by atoms with Crippen molar-refractivity contribution in [1.82, 2.24) is 5.43 Å². The van der Waals surface area contributed by atoms with Crippen LogP contribution in [0.5, 0.6) is 0 Å². The highest BCUT2D eigenvalue weighted by atomic mass is 79.9. The minimum Gasteiger partial charge on any atom is -0.271 e. The zero-order valence-electron chi connectivity index (χ0n) is 12.9. The number of aryl methyl sites for hydroxylation is 1. The lowest BCUT2D eigenvalue weighted by molar-refractivity contribution is 0.474. The van der Waals surface area contributed by atoms with Gasteiger partial charge in [0.05, 0.1) is 0 Å². The van der Waals surface area contributed by atoms with Crippen molar-refractivity contribution in [3.63, 3.8) is 0 Å². The third-order valence-corrected chi connectivity index (χ3v) is 4.41. The average Bonchev–Trinajstić information content (AvgIpc) is 2.45. The standard InChI is InChI=1S/C17H29BrN2/c1-3-4-5-6-7-8-9-10-17(20-19)16-13-15(18)12-11-14(16)2/h11-13,17,20H,3-10,19H2,1-2H3. The molecule has 0 radical (unpaired) electrons. The van der Waals surface area contributed by atoms with Crippen molar-refractivity contribution < 1.29 is 0 Å². The van der Waals surface area contributed by atoms with Crippen molar-refractivity contribution in [3.8, 4) is 0 Å². The first-order valence-electron chi connectivity index (χ1n) is 7.91. The van der Waals surface area contributed by atoms with Crippen LogP contribution in [0, 0.1) is 6.92 Å². The Morgan fingerprint density at radius 1 is 1.10 bits per heavy atom. The van der Waals surface area contributed by atoms with E-state index in [-0.39, 0.29) is 6.04 Å². The van der Waals surface area contributed by atoms with Crippen molar-refractivity contribution in [2.24, 2.45) is 5.84 Å². The molecule has 0 aliphatic heterocycles. The number of halogens is 1. The summed E-state index contributed by atoms with van der Waals surface area (Å²) in [6.07, 6.45) is 10.5. The quantitative estimate of drug-likeness (QED) is 0.340. The van der Waals surface area contributed by atoms with Gasteiger partial charge in [-0.25, -0.2) is 0 Å². The Morgan fingerprint density at radius 2 is 1.75 bits per heavy atom. The van der Waals surface area contributed by atoms with Gasteiger partial charge in [0.15, 0.2) is 0 Å². The minimum atomic E-state index is 0.267. The van der Waals surface area contributed by atoms with Gasteiger partial charge in [-0.2, -0.15) is 0 Å². The molecule has 0 saturated heterocycles. The van der Waals surface area contributed by atoms with E-state index in [1.807, 2.05) is 0 Å². The molecule has 0 aromatic heterocycles. The van der Waals surface area contributed by atoms with E-state index in [0.717, 1.165) is 10.9 Å². The summed E-state index contributed by atoms with van der Waals surface area (Å²) in [5.74, 6) is 5.74. The smallest absolute Gasteiger partial charge is 0.0463 e. The Bertz CT molecular complexity index is 379. The van der Waals surface area contributed by atoms with E-state index in [2.05, 4.69) is 53.4 Å². The topological polar surface area (TPSA) is 38.0 Å². The fourth-order valence-electron chi connectivity index (χ4n) is 2.62. The number of hydrogen-bond acceptors (Lipinski definition) is 2. The molecular formula is C17H29BrN2. The maximum atomic E-state index is 5.74. The number of rotatable bonds is 10. The monoisotopic (exact) mass is 340 g/mol. The van der Waals surface area contributed by atoms with Crippen molar-refractivity contribution in [2.75, 3.05) is 0 Å². The lowest BCUT2D eigenvalue weighted by Crippen LogP contribution is -2.28. The molecule has 0 bridgehead atoms. The van der Waals surface area contributed by atoms with Gasteiger partial charge < -0.3 is 0 Å². The number of benzene rings is 1. The minimum absolute atomic E-state index is 0.267. The SMILES string of the molecule is CCCCCCCCCC(NN)c1cc(Br)ccc1C. The number of nitrogens with one attached hydrogen (secondary N) is 1. The highest BCUT2D eigenvalue weighted by Crippen LogP contribution is 2.25. The maximum absolute atomic E-state index is 5.74. The molecule has 0 spiro atoms. The lowest BCUT2D eigenvalue weighted by atomic mass is 9.96. The molecule has 20 heavy (non-hydrogen) atoms. The summed E-state index contributed by atoms with van der Waals surface area (Å²) in [6.45, 7) is 4.41. The van der Waals surface area contributed by atoms with Gasteiger partial charge in [0, 0.05) is 10.5 Å². The van der Waals surface area contributed by atoms with Crippen LogP contribution in [-0.4, -0.2) is 0 Å². The molecule has 0 saturated carbocycles. The molecule has 2 nitrogen and oxygen atoms in total. The van der Waals surface area contributed by atoms with Crippen LogP contribution in [-0.2, 0) is 0 Å². The molecule has 1 aromatic rings. The van der Waals surface area contributed by atoms with E-state index in [4.69, 9.17) is 5.84 Å². The molecule has 0 amide bonds. The van der Waals surface area contributed by atoms with Gasteiger partial charge in [-0.3, -0.25) is 11.3 Å². The fraction of sp³-hybridized carbons (Fsp3) is 0.647. The summed E-state index contributed by atoms with van der Waals surface area (Å²) in [4.78, 5) is 0. The highest BCUT2D eigenvalue weighted by molar-refractivity contribution is 9.10. The van der Waals surface area contributed by atoms with Crippen molar-refractivity contribution in [1.29, 1.82) is 0 Å². The van der Waals surface area contributed by atoms with Crippen molar-refractivity contribution in [2.45, 2.75) is 71.3 Å². The van der Waals surface area contributed by atoms with E-state index in [0.29, 0.717) is 0 Å². The molecule has 1 aromatic carbocycles. The molecule has 0 aliphatic rings. The highest BCUT2D eigenvalue weighted by Gasteiger charge is 2.12. The van der Waals surface area contributed by atoms with Gasteiger partial charge in [0.25, 0.3) is 0 Å². The van der Waals surface area contributed by atoms with E-state index in [1.165, 1.54) is 56.1 Å².